The zero-order valence-corrected chi connectivity index (χ0v) is 12.6. The van der Waals surface area contributed by atoms with Crippen LogP contribution in [0.5, 0.6) is 0 Å². The normalized spacial score (nSPS) is 14.0. The van der Waals surface area contributed by atoms with Crippen LogP contribution in [0.15, 0.2) is 46.9 Å². The minimum atomic E-state index is 0.0348. The van der Waals surface area contributed by atoms with Gasteiger partial charge in [-0.2, -0.15) is 0 Å². The molecule has 19 heavy (non-hydrogen) atoms. The second-order valence-corrected chi connectivity index (χ2v) is 4.23. The van der Waals surface area contributed by atoms with E-state index in [9.17, 15) is 5.11 Å². The van der Waals surface area contributed by atoms with Crippen molar-refractivity contribution in [3.8, 4) is 0 Å². The second kappa shape index (κ2) is 9.42. The summed E-state index contributed by atoms with van der Waals surface area (Å²) in [5.41, 5.74) is 9.69. The van der Waals surface area contributed by atoms with E-state index in [2.05, 4.69) is 17.4 Å². The van der Waals surface area contributed by atoms with Crippen LogP contribution >= 0.6 is 0 Å². The molecule has 0 aliphatic rings. The van der Waals surface area contributed by atoms with E-state index >= 15 is 0 Å². The van der Waals surface area contributed by atoms with E-state index in [0.29, 0.717) is 0 Å². The highest BCUT2D eigenvalue weighted by molar-refractivity contribution is 5.37. The lowest BCUT2D eigenvalue weighted by atomic mass is 10.1. The lowest BCUT2D eigenvalue weighted by Gasteiger charge is -2.15. The first-order valence-electron chi connectivity index (χ1n) is 6.36. The summed E-state index contributed by atoms with van der Waals surface area (Å²) in [7, 11) is 3.42. The number of nitrogens with one attached hydrogen (secondary N) is 2. The van der Waals surface area contributed by atoms with Crippen LogP contribution in [-0.2, 0) is 4.74 Å². The Morgan fingerprint density at radius 1 is 1.32 bits per heavy atom. The molecule has 0 saturated carbocycles. The molecule has 3 N–H and O–H groups in total. The van der Waals surface area contributed by atoms with Crippen molar-refractivity contribution < 1.29 is 9.84 Å². The van der Waals surface area contributed by atoms with Gasteiger partial charge in [-0.25, -0.2) is 5.43 Å². The molecule has 0 radical (unpaired) electrons. The molecule has 0 unspecified atom stereocenters. The van der Waals surface area contributed by atoms with E-state index in [1.807, 2.05) is 32.9 Å². The van der Waals surface area contributed by atoms with E-state index < -0.39 is 0 Å². The van der Waals surface area contributed by atoms with Gasteiger partial charge in [0.1, 0.15) is 5.76 Å². The molecular weight excluding hydrogens is 240 g/mol. The van der Waals surface area contributed by atoms with Crippen molar-refractivity contribution >= 4 is 0 Å². The van der Waals surface area contributed by atoms with Gasteiger partial charge < -0.3 is 15.3 Å². The summed E-state index contributed by atoms with van der Waals surface area (Å²) in [6.45, 7) is 9.77. The zero-order chi connectivity index (χ0) is 14.8. The summed E-state index contributed by atoms with van der Waals surface area (Å²) in [6, 6.07) is 0. The summed E-state index contributed by atoms with van der Waals surface area (Å²) in [5, 5.41) is 9.38. The fraction of sp³-hybridized carbons (Fsp3) is 0.467. The van der Waals surface area contributed by atoms with E-state index in [4.69, 9.17) is 4.74 Å². The third-order valence-corrected chi connectivity index (χ3v) is 2.74. The van der Waals surface area contributed by atoms with Crippen molar-refractivity contribution in [1.29, 1.82) is 0 Å². The van der Waals surface area contributed by atoms with Crippen LogP contribution in [0.2, 0.25) is 0 Å². The minimum Gasteiger partial charge on any atom is -0.497 e. The Morgan fingerprint density at radius 2 is 1.95 bits per heavy atom. The molecule has 108 valence electrons. The predicted molar refractivity (Wildman–Crippen MR) is 80.3 cm³/mol. The van der Waals surface area contributed by atoms with Gasteiger partial charge in [-0.3, -0.25) is 0 Å². The maximum absolute atomic E-state index is 9.38. The van der Waals surface area contributed by atoms with Crippen molar-refractivity contribution in [2.45, 2.75) is 27.2 Å². The van der Waals surface area contributed by atoms with Gasteiger partial charge in [0.25, 0.3) is 0 Å². The molecule has 0 amide bonds. The topological polar surface area (TPSA) is 53.5 Å². The predicted octanol–water partition coefficient (Wildman–Crippen LogP) is 2.42. The number of rotatable bonds is 8. The molecular formula is C15H26N2O2. The smallest absolute Gasteiger partial charge is 0.121 e. The number of ether oxygens (including phenoxy) is 1. The number of hydrazine groups is 1. The Morgan fingerprint density at radius 3 is 2.32 bits per heavy atom. The summed E-state index contributed by atoms with van der Waals surface area (Å²) in [6.07, 6.45) is 4.60. The van der Waals surface area contributed by atoms with Gasteiger partial charge in [-0.1, -0.05) is 19.6 Å². The summed E-state index contributed by atoms with van der Waals surface area (Å²) in [4.78, 5) is 0. The van der Waals surface area contributed by atoms with Crippen LogP contribution in [0.1, 0.15) is 27.2 Å². The molecule has 0 fully saturated rings. The van der Waals surface area contributed by atoms with Crippen LogP contribution in [0.4, 0.5) is 0 Å². The van der Waals surface area contributed by atoms with Gasteiger partial charge >= 0.3 is 0 Å². The number of hydrogen-bond acceptors (Lipinski definition) is 4. The molecule has 0 aliphatic carbocycles. The summed E-state index contributed by atoms with van der Waals surface area (Å²) >= 11 is 0. The highest BCUT2D eigenvalue weighted by Crippen LogP contribution is 2.15. The fourth-order valence-electron chi connectivity index (χ4n) is 1.63. The van der Waals surface area contributed by atoms with Crippen LogP contribution in [0, 0.1) is 0 Å². The lowest BCUT2D eigenvalue weighted by Crippen LogP contribution is -2.29. The van der Waals surface area contributed by atoms with Gasteiger partial charge in [0.15, 0.2) is 0 Å². The number of aliphatic hydroxyl groups is 1. The van der Waals surface area contributed by atoms with Gasteiger partial charge in [-0.15, -0.1) is 0 Å². The monoisotopic (exact) mass is 266 g/mol. The number of aliphatic hydroxyl groups excluding tert-OH is 1. The number of hydrogen-bond donors (Lipinski definition) is 3. The maximum atomic E-state index is 9.38. The van der Waals surface area contributed by atoms with Crippen molar-refractivity contribution in [2.24, 2.45) is 0 Å². The lowest BCUT2D eigenvalue weighted by molar-refractivity contribution is 0.301. The largest absolute Gasteiger partial charge is 0.497 e. The van der Waals surface area contributed by atoms with Crippen molar-refractivity contribution in [3.05, 3.63) is 46.9 Å². The molecule has 0 atom stereocenters. The van der Waals surface area contributed by atoms with Gasteiger partial charge in [0, 0.05) is 7.05 Å². The SMILES string of the molecule is C=C(C)\C(=C/C=C(C)/C(NNC)=C(/CC)CO)OC. The van der Waals surface area contributed by atoms with E-state index in [1.165, 1.54) is 0 Å². The van der Waals surface area contributed by atoms with Crippen LogP contribution in [-0.4, -0.2) is 25.9 Å². The molecule has 0 aromatic carbocycles. The first-order valence-corrected chi connectivity index (χ1v) is 6.36. The molecule has 0 saturated heterocycles. The maximum Gasteiger partial charge on any atom is 0.121 e. The second-order valence-electron chi connectivity index (χ2n) is 4.23. The molecule has 0 rings (SSSR count). The number of allylic oxidation sites excluding steroid dienone is 4. The fourth-order valence-corrected chi connectivity index (χ4v) is 1.63. The average Bonchev–Trinajstić information content (AvgIpc) is 2.39. The van der Waals surface area contributed by atoms with E-state index in [1.54, 1.807) is 14.2 Å². The Balaban J connectivity index is 5.37. The summed E-state index contributed by atoms with van der Waals surface area (Å²) in [5.74, 6) is 0.741. The molecule has 0 aromatic heterocycles. The highest BCUT2D eigenvalue weighted by Gasteiger charge is 2.06. The molecule has 0 spiro atoms. The van der Waals surface area contributed by atoms with Crippen LogP contribution in [0.3, 0.4) is 0 Å². The number of methoxy groups -OCH3 is 1. The van der Waals surface area contributed by atoms with Crippen molar-refractivity contribution in [2.75, 3.05) is 20.8 Å². The van der Waals surface area contributed by atoms with Gasteiger partial charge in [-0.05, 0) is 43.1 Å². The van der Waals surface area contributed by atoms with Gasteiger partial charge in [0.2, 0.25) is 0 Å². The molecule has 4 heteroatoms. The third-order valence-electron chi connectivity index (χ3n) is 2.74. The third kappa shape index (κ3) is 5.77. The highest BCUT2D eigenvalue weighted by atomic mass is 16.5. The Labute approximate surface area is 116 Å². The molecule has 0 bridgehead atoms. The summed E-state index contributed by atoms with van der Waals surface area (Å²) < 4.78 is 5.23. The quantitative estimate of drug-likeness (QED) is 0.359. The van der Waals surface area contributed by atoms with E-state index in [0.717, 1.165) is 34.6 Å². The van der Waals surface area contributed by atoms with Crippen molar-refractivity contribution in [1.82, 2.24) is 10.9 Å². The van der Waals surface area contributed by atoms with Crippen LogP contribution < -0.4 is 10.9 Å². The Hall–Kier alpha value is -1.52. The average molecular weight is 266 g/mol. The molecule has 0 aromatic rings. The minimum absolute atomic E-state index is 0.0348. The molecule has 4 nitrogen and oxygen atoms in total. The Kier molecular flexibility index (Phi) is 8.66. The van der Waals surface area contributed by atoms with E-state index in [-0.39, 0.29) is 6.61 Å². The van der Waals surface area contributed by atoms with Crippen LogP contribution in [0.25, 0.3) is 0 Å². The van der Waals surface area contributed by atoms with Gasteiger partial charge in [0.05, 0.1) is 19.4 Å². The zero-order valence-electron chi connectivity index (χ0n) is 12.6. The first kappa shape index (κ1) is 17.5. The van der Waals surface area contributed by atoms with Crippen molar-refractivity contribution in [3.63, 3.8) is 0 Å². The standard InChI is InChI=1S/C15H26N2O2/c1-7-13(10-18)15(17-16-5)12(4)8-9-14(19-6)11(2)3/h8-9,16-18H,2,7,10H2,1,3-6H3/b12-8+,14-9+,15-13+. The first-order chi connectivity index (χ1) is 9.01. The molecule has 0 heterocycles. The Bertz CT molecular complexity index is 387. The molecule has 0 aliphatic heterocycles.